The molecule has 0 N–H and O–H groups in total. The molecule has 5 nitrogen and oxygen atoms in total. The number of allylic oxidation sites excluding steroid dienone is 1. The minimum atomic E-state index is -3.52. The Morgan fingerprint density at radius 2 is 2.28 bits per heavy atom. The zero-order chi connectivity index (χ0) is 13.3. The van der Waals surface area contributed by atoms with Crippen molar-refractivity contribution in [3.05, 3.63) is 39.6 Å². The normalized spacial score (nSPS) is 12.6. The van der Waals surface area contributed by atoms with Gasteiger partial charge in [0.15, 0.2) is 9.84 Å². The molecule has 2 aromatic heterocycles. The molecule has 2 aromatic rings. The molecule has 0 aromatic carbocycles. The smallest absolute Gasteiger partial charge is 0.185 e. The van der Waals surface area contributed by atoms with Gasteiger partial charge < -0.3 is 0 Å². The molecule has 0 unspecified atom stereocenters. The molecule has 7 heteroatoms. The summed E-state index contributed by atoms with van der Waals surface area (Å²) in [5.74, 6) is 0. The van der Waals surface area contributed by atoms with Crippen molar-refractivity contribution in [2.45, 2.75) is 0 Å². The molecule has 0 fully saturated rings. The Labute approximate surface area is 112 Å². The van der Waals surface area contributed by atoms with Gasteiger partial charge >= 0.3 is 0 Å². The summed E-state index contributed by atoms with van der Waals surface area (Å²) in [4.78, 5) is 3.83. The van der Waals surface area contributed by atoms with E-state index in [-0.39, 0.29) is 4.91 Å². The number of imidazole rings is 1. The first-order chi connectivity index (χ1) is 8.41. The molecule has 0 spiro atoms. The molecule has 18 heavy (non-hydrogen) atoms. The number of pyridine rings is 1. The summed E-state index contributed by atoms with van der Waals surface area (Å²) >= 11 is 3.32. The molecule has 0 atom stereocenters. The van der Waals surface area contributed by atoms with E-state index in [9.17, 15) is 8.42 Å². The minimum Gasteiger partial charge on any atom is -0.299 e. The zero-order valence-corrected chi connectivity index (χ0v) is 11.7. The van der Waals surface area contributed by atoms with Gasteiger partial charge in [-0.05, 0) is 34.1 Å². The van der Waals surface area contributed by atoms with Crippen molar-refractivity contribution < 1.29 is 8.42 Å². The number of nitrogens with zero attached hydrogens (tertiary/aromatic N) is 3. The van der Waals surface area contributed by atoms with Crippen LogP contribution in [-0.2, 0) is 9.84 Å². The highest BCUT2D eigenvalue weighted by molar-refractivity contribution is 9.10. The molecular formula is C11H8BrN3O2S. The van der Waals surface area contributed by atoms with Crippen LogP contribution in [0.1, 0.15) is 5.69 Å². The molecule has 0 bridgehead atoms. The lowest BCUT2D eigenvalue weighted by molar-refractivity contribution is 0.609. The third kappa shape index (κ3) is 2.44. The average Bonchev–Trinajstić information content (AvgIpc) is 2.66. The van der Waals surface area contributed by atoms with Gasteiger partial charge in [-0.2, -0.15) is 5.26 Å². The van der Waals surface area contributed by atoms with Gasteiger partial charge in [-0.25, -0.2) is 13.4 Å². The highest BCUT2D eigenvalue weighted by Gasteiger charge is 2.12. The molecule has 0 amide bonds. The predicted molar refractivity (Wildman–Crippen MR) is 71.3 cm³/mol. The molecule has 0 aliphatic rings. The fourth-order valence-corrected chi connectivity index (χ4v) is 2.27. The number of hydrogen-bond donors (Lipinski definition) is 0. The van der Waals surface area contributed by atoms with Crippen molar-refractivity contribution in [1.82, 2.24) is 9.38 Å². The van der Waals surface area contributed by atoms with Crippen LogP contribution in [0.25, 0.3) is 11.7 Å². The van der Waals surface area contributed by atoms with E-state index in [4.69, 9.17) is 5.26 Å². The van der Waals surface area contributed by atoms with E-state index in [1.165, 1.54) is 12.3 Å². The second kappa shape index (κ2) is 4.55. The van der Waals surface area contributed by atoms with Crippen LogP contribution in [0, 0.1) is 11.3 Å². The van der Waals surface area contributed by atoms with Gasteiger partial charge in [0, 0.05) is 16.9 Å². The van der Waals surface area contributed by atoms with Gasteiger partial charge in [0.1, 0.15) is 16.6 Å². The number of rotatable bonds is 2. The zero-order valence-electron chi connectivity index (χ0n) is 9.33. The third-order valence-electron chi connectivity index (χ3n) is 2.29. The lowest BCUT2D eigenvalue weighted by atomic mass is 10.4. The Bertz CT molecular complexity index is 784. The first-order valence-electron chi connectivity index (χ1n) is 4.86. The maximum atomic E-state index is 11.4. The fourth-order valence-electron chi connectivity index (χ4n) is 1.44. The van der Waals surface area contributed by atoms with Gasteiger partial charge in [0.25, 0.3) is 0 Å². The van der Waals surface area contributed by atoms with Gasteiger partial charge in [-0.1, -0.05) is 0 Å². The molecule has 0 saturated heterocycles. The highest BCUT2D eigenvalue weighted by atomic mass is 79.9. The van der Waals surface area contributed by atoms with E-state index >= 15 is 0 Å². The van der Waals surface area contributed by atoms with Crippen LogP contribution >= 0.6 is 15.9 Å². The number of halogens is 1. The Balaban J connectivity index is 2.66. The van der Waals surface area contributed by atoms with Crippen molar-refractivity contribution in [2.24, 2.45) is 0 Å². The van der Waals surface area contributed by atoms with Gasteiger partial charge in [0.05, 0.1) is 11.9 Å². The number of aromatic nitrogens is 2. The average molecular weight is 326 g/mol. The molecular weight excluding hydrogens is 318 g/mol. The lowest BCUT2D eigenvalue weighted by Gasteiger charge is -1.98. The first kappa shape index (κ1) is 12.8. The first-order valence-corrected chi connectivity index (χ1v) is 7.55. The van der Waals surface area contributed by atoms with Crippen LogP contribution in [0.15, 0.2) is 33.9 Å². The largest absolute Gasteiger partial charge is 0.299 e. The van der Waals surface area contributed by atoms with Crippen molar-refractivity contribution in [3.8, 4) is 6.07 Å². The summed E-state index contributed by atoms with van der Waals surface area (Å²) in [5.41, 5.74) is 1.21. The molecule has 92 valence electrons. The van der Waals surface area contributed by atoms with Crippen molar-refractivity contribution in [3.63, 3.8) is 0 Å². The maximum Gasteiger partial charge on any atom is 0.185 e. The summed E-state index contributed by atoms with van der Waals surface area (Å²) in [6, 6.07) is 5.30. The molecule has 2 rings (SSSR count). The maximum absolute atomic E-state index is 11.4. The SMILES string of the molecule is CS(=O)(=O)C(C#N)=Cc1cnc2ccc(Br)cn12. The van der Waals surface area contributed by atoms with Crippen LogP contribution in [0.5, 0.6) is 0 Å². The Kier molecular flexibility index (Phi) is 3.24. The van der Waals surface area contributed by atoms with E-state index in [0.717, 1.165) is 10.7 Å². The molecule has 0 saturated carbocycles. The summed E-state index contributed by atoms with van der Waals surface area (Å²) < 4.78 is 25.3. The summed E-state index contributed by atoms with van der Waals surface area (Å²) in [5, 5.41) is 8.85. The molecule has 0 aliphatic heterocycles. The third-order valence-corrected chi connectivity index (χ3v) is 3.76. The van der Waals surface area contributed by atoms with Crippen LogP contribution in [0.2, 0.25) is 0 Å². The van der Waals surface area contributed by atoms with Gasteiger partial charge in [-0.3, -0.25) is 4.40 Å². The van der Waals surface area contributed by atoms with E-state index in [2.05, 4.69) is 20.9 Å². The van der Waals surface area contributed by atoms with E-state index in [1.54, 1.807) is 22.7 Å². The van der Waals surface area contributed by atoms with Crippen LogP contribution in [-0.4, -0.2) is 24.1 Å². The summed E-state index contributed by atoms with van der Waals surface area (Å²) in [7, 11) is -3.52. The highest BCUT2D eigenvalue weighted by Crippen LogP contribution is 2.16. The molecule has 0 radical (unpaired) electrons. The Hall–Kier alpha value is -1.65. The quantitative estimate of drug-likeness (QED) is 0.791. The number of nitriles is 1. The fraction of sp³-hybridized carbons (Fsp3) is 0.0909. The van der Waals surface area contributed by atoms with E-state index in [1.807, 2.05) is 6.07 Å². The molecule has 2 heterocycles. The number of sulfone groups is 1. The second-order valence-electron chi connectivity index (χ2n) is 3.65. The second-order valence-corrected chi connectivity index (χ2v) is 6.55. The van der Waals surface area contributed by atoms with Crippen LogP contribution < -0.4 is 0 Å². The topological polar surface area (TPSA) is 75.2 Å². The van der Waals surface area contributed by atoms with Crippen molar-refractivity contribution in [2.75, 3.05) is 6.26 Å². The van der Waals surface area contributed by atoms with Crippen molar-refractivity contribution >= 4 is 37.5 Å². The van der Waals surface area contributed by atoms with Crippen LogP contribution in [0.4, 0.5) is 0 Å². The van der Waals surface area contributed by atoms with E-state index in [0.29, 0.717) is 11.3 Å². The standard InChI is InChI=1S/C11H8BrN3O2S/c1-18(16,17)10(5-13)4-9-6-14-11-3-2-8(12)7-15(9)11/h2-4,6-7H,1H3. The molecule has 0 aliphatic carbocycles. The lowest BCUT2D eigenvalue weighted by Crippen LogP contribution is -1.99. The van der Waals surface area contributed by atoms with Gasteiger partial charge in [-0.15, -0.1) is 0 Å². The number of hydrogen-bond acceptors (Lipinski definition) is 4. The van der Waals surface area contributed by atoms with Gasteiger partial charge in [0.2, 0.25) is 0 Å². The van der Waals surface area contributed by atoms with E-state index < -0.39 is 9.84 Å². The summed E-state index contributed by atoms with van der Waals surface area (Å²) in [6.45, 7) is 0. The monoisotopic (exact) mass is 325 g/mol. The summed E-state index contributed by atoms with van der Waals surface area (Å²) in [6.07, 6.45) is 5.58. The number of fused-ring (bicyclic) bond motifs is 1. The Morgan fingerprint density at radius 1 is 1.56 bits per heavy atom. The van der Waals surface area contributed by atoms with Crippen LogP contribution in [0.3, 0.4) is 0 Å². The van der Waals surface area contributed by atoms with Crippen molar-refractivity contribution in [1.29, 1.82) is 5.26 Å². The predicted octanol–water partition coefficient (Wildman–Crippen LogP) is 2.01. The Morgan fingerprint density at radius 3 is 2.89 bits per heavy atom. The minimum absolute atomic E-state index is 0.288.